The number of halogens is 2. The number of ether oxygens (including phenoxy) is 2. The number of methoxy groups -OCH3 is 1. The number of hydrogen-bond donors (Lipinski definition) is 2. The Morgan fingerprint density at radius 2 is 2.03 bits per heavy atom. The molecule has 1 spiro atoms. The smallest absolute Gasteiger partial charge is 0.325 e. The summed E-state index contributed by atoms with van der Waals surface area (Å²) in [4.78, 5) is 27.1. The van der Waals surface area contributed by atoms with Crippen LogP contribution < -0.4 is 14.8 Å². The number of urea groups is 1. The number of carbonyl (C=O) groups excluding carboxylic acids is 2. The van der Waals surface area contributed by atoms with E-state index in [0.717, 1.165) is 28.9 Å². The van der Waals surface area contributed by atoms with E-state index >= 15 is 0 Å². The number of nitrogens with one attached hydrogen (secondary N) is 1. The number of fused-ring (bicyclic) bond motifs is 2. The zero-order valence-electron chi connectivity index (χ0n) is 16.9. The highest BCUT2D eigenvalue weighted by molar-refractivity contribution is 6.34. The zero-order valence-corrected chi connectivity index (χ0v) is 18.4. The Labute approximate surface area is 189 Å². The zero-order chi connectivity index (χ0) is 22.2. The molecule has 2 aliphatic rings. The van der Waals surface area contributed by atoms with Crippen molar-refractivity contribution in [2.24, 2.45) is 0 Å². The third-order valence-electron chi connectivity index (χ3n) is 5.66. The SMILES string of the molecule is COc1ccc2c(c1)CCCC21NC(=O)N(CC(O)COc2cc(Cl)ccc2Cl)C1=O. The molecule has 164 valence electrons. The Bertz CT molecular complexity index is 1030. The molecule has 2 atom stereocenters. The maximum absolute atomic E-state index is 13.3. The third-order valence-corrected chi connectivity index (χ3v) is 6.21. The number of β-amino-alcohol motifs (C(OH)–C–C–N with tert-alkyl or cyclic N) is 1. The first-order valence-corrected chi connectivity index (χ1v) is 10.7. The summed E-state index contributed by atoms with van der Waals surface area (Å²) in [5, 5.41) is 14.1. The van der Waals surface area contributed by atoms with Crippen LogP contribution >= 0.6 is 23.2 Å². The summed E-state index contributed by atoms with van der Waals surface area (Å²) in [6.07, 6.45) is 0.949. The third kappa shape index (κ3) is 4.05. The molecule has 1 aliphatic carbocycles. The highest BCUT2D eigenvalue weighted by atomic mass is 35.5. The maximum atomic E-state index is 13.3. The number of nitrogens with zero attached hydrogens (tertiary/aromatic N) is 1. The van der Waals surface area contributed by atoms with Crippen molar-refractivity contribution in [3.8, 4) is 11.5 Å². The molecule has 2 unspecified atom stereocenters. The molecule has 2 aromatic rings. The summed E-state index contributed by atoms with van der Waals surface area (Å²) in [6.45, 7) is -0.353. The van der Waals surface area contributed by atoms with Gasteiger partial charge in [-0.2, -0.15) is 0 Å². The van der Waals surface area contributed by atoms with E-state index in [4.69, 9.17) is 32.7 Å². The molecule has 7 nitrogen and oxygen atoms in total. The molecule has 1 heterocycles. The Morgan fingerprint density at radius 1 is 1.23 bits per heavy atom. The Hall–Kier alpha value is -2.48. The van der Waals surface area contributed by atoms with Crippen molar-refractivity contribution in [3.05, 3.63) is 57.6 Å². The summed E-state index contributed by atoms with van der Waals surface area (Å²) in [6, 6.07) is 9.72. The maximum Gasteiger partial charge on any atom is 0.325 e. The van der Waals surface area contributed by atoms with Crippen molar-refractivity contribution in [1.82, 2.24) is 10.2 Å². The predicted molar refractivity (Wildman–Crippen MR) is 116 cm³/mol. The van der Waals surface area contributed by atoms with Crippen LogP contribution in [0.25, 0.3) is 0 Å². The lowest BCUT2D eigenvalue weighted by atomic mass is 9.76. The Balaban J connectivity index is 1.49. The van der Waals surface area contributed by atoms with Crippen molar-refractivity contribution in [2.75, 3.05) is 20.3 Å². The van der Waals surface area contributed by atoms with Crippen molar-refractivity contribution in [2.45, 2.75) is 30.9 Å². The van der Waals surface area contributed by atoms with Crippen molar-refractivity contribution in [3.63, 3.8) is 0 Å². The lowest BCUT2D eigenvalue weighted by Gasteiger charge is -2.33. The van der Waals surface area contributed by atoms with E-state index in [1.54, 1.807) is 25.3 Å². The molecule has 0 bridgehead atoms. The minimum Gasteiger partial charge on any atom is -0.497 e. The number of aryl methyl sites for hydroxylation is 1. The van der Waals surface area contributed by atoms with Crippen LogP contribution in [0.2, 0.25) is 10.0 Å². The van der Waals surface area contributed by atoms with Gasteiger partial charge in [0.25, 0.3) is 5.91 Å². The fraction of sp³-hybridized carbons (Fsp3) is 0.364. The first-order chi connectivity index (χ1) is 14.8. The molecule has 0 saturated carbocycles. The van der Waals surface area contributed by atoms with Crippen molar-refractivity contribution < 1.29 is 24.2 Å². The number of rotatable bonds is 6. The van der Waals surface area contributed by atoms with Gasteiger partial charge in [0, 0.05) is 11.1 Å². The van der Waals surface area contributed by atoms with Gasteiger partial charge in [0.2, 0.25) is 0 Å². The molecule has 0 radical (unpaired) electrons. The van der Waals surface area contributed by atoms with Crippen molar-refractivity contribution >= 4 is 35.1 Å². The van der Waals surface area contributed by atoms with Gasteiger partial charge in [-0.1, -0.05) is 29.3 Å². The van der Waals surface area contributed by atoms with Crippen LogP contribution in [-0.4, -0.2) is 48.3 Å². The van der Waals surface area contributed by atoms with Gasteiger partial charge >= 0.3 is 6.03 Å². The van der Waals surface area contributed by atoms with Crippen LogP contribution in [0.5, 0.6) is 11.5 Å². The summed E-state index contributed by atoms with van der Waals surface area (Å²) >= 11 is 12.0. The first kappa shape index (κ1) is 21.7. The van der Waals surface area contributed by atoms with Crippen LogP contribution in [0.3, 0.4) is 0 Å². The molecule has 2 N–H and O–H groups in total. The minimum absolute atomic E-state index is 0.155. The van der Waals surface area contributed by atoms with Gasteiger partial charge < -0.3 is 19.9 Å². The van der Waals surface area contributed by atoms with E-state index in [0.29, 0.717) is 28.0 Å². The van der Waals surface area contributed by atoms with Gasteiger partial charge in [-0.05, 0) is 54.7 Å². The topological polar surface area (TPSA) is 88.1 Å². The van der Waals surface area contributed by atoms with Crippen LogP contribution in [0.1, 0.15) is 24.0 Å². The number of hydrogen-bond acceptors (Lipinski definition) is 5. The molecular formula is C22H22Cl2N2O5. The molecule has 1 aliphatic heterocycles. The lowest BCUT2D eigenvalue weighted by Crippen LogP contribution is -2.47. The molecule has 1 fully saturated rings. The molecule has 9 heteroatoms. The fourth-order valence-corrected chi connectivity index (χ4v) is 4.51. The first-order valence-electron chi connectivity index (χ1n) is 9.91. The Kier molecular flexibility index (Phi) is 6.01. The number of benzene rings is 2. The molecule has 3 amide bonds. The van der Waals surface area contributed by atoms with Crippen molar-refractivity contribution in [1.29, 1.82) is 0 Å². The molecular weight excluding hydrogens is 443 g/mol. The standard InChI is InChI=1S/C22H22Cl2N2O5/c1-30-16-5-6-17-13(9-16)3-2-8-22(17)20(28)26(21(29)25-22)11-15(27)12-31-19-10-14(23)4-7-18(19)24/h4-7,9-10,15,27H,2-3,8,11-12H2,1H3,(H,25,29). The van der Waals surface area contributed by atoms with E-state index in [2.05, 4.69) is 5.32 Å². The number of carbonyl (C=O) groups is 2. The van der Waals surface area contributed by atoms with E-state index in [1.165, 1.54) is 6.07 Å². The number of aliphatic hydroxyl groups excluding tert-OH is 1. The van der Waals surface area contributed by atoms with Crippen LogP contribution in [0, 0.1) is 0 Å². The second-order valence-electron chi connectivity index (χ2n) is 7.67. The predicted octanol–water partition coefficient (Wildman–Crippen LogP) is 3.53. The second kappa shape index (κ2) is 8.57. The van der Waals surface area contributed by atoms with Gasteiger partial charge in [-0.15, -0.1) is 0 Å². The normalized spacial score (nSPS) is 21.1. The summed E-state index contributed by atoms with van der Waals surface area (Å²) in [5.41, 5.74) is 0.630. The van der Waals surface area contributed by atoms with Gasteiger partial charge in [-0.25, -0.2) is 4.79 Å². The molecule has 4 rings (SSSR count). The second-order valence-corrected chi connectivity index (χ2v) is 8.51. The number of imide groups is 1. The average molecular weight is 465 g/mol. The Morgan fingerprint density at radius 3 is 2.81 bits per heavy atom. The molecule has 1 saturated heterocycles. The summed E-state index contributed by atoms with van der Waals surface area (Å²) < 4.78 is 10.8. The summed E-state index contributed by atoms with van der Waals surface area (Å²) in [5.74, 6) is 0.650. The number of aliphatic hydroxyl groups is 1. The highest BCUT2D eigenvalue weighted by Gasteiger charge is 2.54. The molecule has 0 aromatic heterocycles. The monoisotopic (exact) mass is 464 g/mol. The molecule has 31 heavy (non-hydrogen) atoms. The highest BCUT2D eigenvalue weighted by Crippen LogP contribution is 2.41. The van der Waals surface area contributed by atoms with E-state index < -0.39 is 17.7 Å². The quantitative estimate of drug-likeness (QED) is 0.638. The van der Waals surface area contributed by atoms with Gasteiger partial charge in [0.1, 0.15) is 29.7 Å². The van der Waals surface area contributed by atoms with Gasteiger partial charge in [-0.3, -0.25) is 9.69 Å². The van der Waals surface area contributed by atoms with E-state index in [1.807, 2.05) is 12.1 Å². The average Bonchev–Trinajstić information content (AvgIpc) is 2.98. The fourth-order valence-electron chi connectivity index (χ4n) is 4.18. The lowest BCUT2D eigenvalue weighted by molar-refractivity contribution is -0.133. The van der Waals surface area contributed by atoms with Gasteiger partial charge in [0.15, 0.2) is 0 Å². The number of amides is 3. The van der Waals surface area contributed by atoms with E-state index in [9.17, 15) is 14.7 Å². The van der Waals surface area contributed by atoms with E-state index in [-0.39, 0.29) is 19.1 Å². The van der Waals surface area contributed by atoms with Crippen LogP contribution in [-0.2, 0) is 16.8 Å². The van der Waals surface area contributed by atoms with Crippen LogP contribution in [0.15, 0.2) is 36.4 Å². The largest absolute Gasteiger partial charge is 0.497 e. The van der Waals surface area contributed by atoms with Crippen LogP contribution in [0.4, 0.5) is 4.79 Å². The molecule has 2 aromatic carbocycles. The summed E-state index contributed by atoms with van der Waals surface area (Å²) in [7, 11) is 1.59. The van der Waals surface area contributed by atoms with Gasteiger partial charge in [0.05, 0.1) is 18.7 Å². The minimum atomic E-state index is -1.12.